The van der Waals surface area contributed by atoms with E-state index in [1.807, 2.05) is 0 Å². The highest BCUT2D eigenvalue weighted by Gasteiger charge is 2.56. The van der Waals surface area contributed by atoms with Gasteiger partial charge in [-0.25, -0.2) is 4.79 Å². The molecule has 0 aromatic heterocycles. The third-order valence-electron chi connectivity index (χ3n) is 4.96. The summed E-state index contributed by atoms with van der Waals surface area (Å²) in [6.07, 6.45) is 5.34. The zero-order chi connectivity index (χ0) is 12.2. The molecule has 0 aliphatic heterocycles. The predicted octanol–water partition coefficient (Wildman–Crippen LogP) is 1.59. The van der Waals surface area contributed by atoms with Crippen LogP contribution in [-0.4, -0.2) is 36.7 Å². The van der Waals surface area contributed by atoms with E-state index in [1.165, 1.54) is 17.7 Å². The summed E-state index contributed by atoms with van der Waals surface area (Å²) in [5.74, 6) is 1.90. The Hall–Kier alpha value is -0.770. The van der Waals surface area contributed by atoms with Gasteiger partial charge in [-0.3, -0.25) is 0 Å². The van der Waals surface area contributed by atoms with Crippen LogP contribution in [0, 0.1) is 17.8 Å². The number of hydrogen-bond acceptors (Lipinski definition) is 3. The normalized spacial score (nSPS) is 47.0. The van der Waals surface area contributed by atoms with Gasteiger partial charge in [0, 0.05) is 20.1 Å². The van der Waals surface area contributed by atoms with Gasteiger partial charge in [0.25, 0.3) is 0 Å². The number of carbonyl (C=O) groups is 1. The van der Waals surface area contributed by atoms with Crippen molar-refractivity contribution in [2.24, 2.45) is 23.5 Å². The van der Waals surface area contributed by atoms with E-state index in [4.69, 9.17) is 10.5 Å². The van der Waals surface area contributed by atoms with Gasteiger partial charge in [-0.2, -0.15) is 0 Å². The van der Waals surface area contributed by atoms with Crippen LogP contribution in [0.1, 0.15) is 32.1 Å². The van der Waals surface area contributed by atoms with E-state index in [2.05, 4.69) is 0 Å². The lowest BCUT2D eigenvalue weighted by atomic mass is 9.52. The molecule has 0 radical (unpaired) electrons. The average Bonchev–Trinajstić information content (AvgIpc) is 2.23. The highest BCUT2D eigenvalue weighted by Crippen LogP contribution is 2.56. The molecule has 4 heteroatoms. The van der Waals surface area contributed by atoms with Crippen LogP contribution >= 0.6 is 0 Å². The van der Waals surface area contributed by atoms with Crippen LogP contribution in [0.4, 0.5) is 4.79 Å². The summed E-state index contributed by atoms with van der Waals surface area (Å²) >= 11 is 0. The van der Waals surface area contributed by atoms with Crippen LogP contribution in [0.5, 0.6) is 0 Å². The van der Waals surface area contributed by atoms with Crippen molar-refractivity contribution in [3.63, 3.8) is 0 Å². The van der Waals surface area contributed by atoms with Gasteiger partial charge in [0.1, 0.15) is 5.60 Å². The number of carbonyl (C=O) groups excluding carboxylic acids is 1. The van der Waals surface area contributed by atoms with Gasteiger partial charge in [-0.05, 0) is 49.9 Å². The van der Waals surface area contributed by atoms with E-state index >= 15 is 0 Å². The molecule has 2 N–H and O–H groups in total. The van der Waals surface area contributed by atoms with Gasteiger partial charge in [0.2, 0.25) is 0 Å². The molecule has 1 amide bonds. The quantitative estimate of drug-likeness (QED) is 0.754. The van der Waals surface area contributed by atoms with Gasteiger partial charge in [-0.15, -0.1) is 0 Å². The molecule has 96 valence electrons. The molecule has 0 spiro atoms. The fourth-order valence-electron chi connectivity index (χ4n) is 4.39. The van der Waals surface area contributed by atoms with Crippen LogP contribution in [-0.2, 0) is 4.74 Å². The van der Waals surface area contributed by atoms with Crippen molar-refractivity contribution >= 4 is 6.09 Å². The summed E-state index contributed by atoms with van der Waals surface area (Å²) in [6, 6.07) is 0.345. The first-order valence-electron chi connectivity index (χ1n) is 6.65. The summed E-state index contributed by atoms with van der Waals surface area (Å²) in [7, 11) is 3.49. The first kappa shape index (κ1) is 11.3. The maximum atomic E-state index is 11.8. The smallest absolute Gasteiger partial charge is 0.409 e. The van der Waals surface area contributed by atoms with Gasteiger partial charge < -0.3 is 15.4 Å². The molecular formula is C13H22N2O2. The Morgan fingerprint density at radius 1 is 1.24 bits per heavy atom. The second kappa shape index (κ2) is 3.61. The van der Waals surface area contributed by atoms with E-state index < -0.39 is 0 Å². The average molecular weight is 238 g/mol. The van der Waals surface area contributed by atoms with Gasteiger partial charge in [0.15, 0.2) is 0 Å². The van der Waals surface area contributed by atoms with E-state index in [0.717, 1.165) is 25.2 Å². The molecule has 4 aliphatic carbocycles. The molecule has 4 saturated carbocycles. The predicted molar refractivity (Wildman–Crippen MR) is 64.4 cm³/mol. The molecule has 0 heterocycles. The van der Waals surface area contributed by atoms with Crippen LogP contribution in [0.25, 0.3) is 0 Å². The fourth-order valence-corrected chi connectivity index (χ4v) is 4.39. The molecule has 17 heavy (non-hydrogen) atoms. The highest BCUT2D eigenvalue weighted by molar-refractivity contribution is 5.67. The fraction of sp³-hybridized carbons (Fsp3) is 0.923. The minimum absolute atomic E-state index is 0.187. The number of ether oxygens (including phenoxy) is 1. The molecule has 2 unspecified atom stereocenters. The monoisotopic (exact) mass is 238 g/mol. The van der Waals surface area contributed by atoms with Crippen LogP contribution in [0.15, 0.2) is 0 Å². The Bertz CT molecular complexity index is 326. The van der Waals surface area contributed by atoms with Crippen molar-refractivity contribution in [3.8, 4) is 0 Å². The summed E-state index contributed by atoms with van der Waals surface area (Å²) in [5, 5.41) is 0. The largest absolute Gasteiger partial charge is 0.443 e. The lowest BCUT2D eigenvalue weighted by Crippen LogP contribution is -2.61. The van der Waals surface area contributed by atoms with Gasteiger partial charge in [0.05, 0.1) is 0 Å². The summed E-state index contributed by atoms with van der Waals surface area (Å²) in [6.45, 7) is 0. The summed E-state index contributed by atoms with van der Waals surface area (Å²) < 4.78 is 5.79. The van der Waals surface area contributed by atoms with Crippen molar-refractivity contribution < 1.29 is 9.53 Å². The SMILES string of the molecule is CN(C)C(=O)O[C@]12CC3CC(C1)[C@@H](N)C(C3)C2. The van der Waals surface area contributed by atoms with Gasteiger partial charge in [-0.1, -0.05) is 0 Å². The molecule has 0 saturated heterocycles. The molecule has 2 atom stereocenters. The molecular weight excluding hydrogens is 216 g/mol. The minimum atomic E-state index is -0.194. The van der Waals surface area contributed by atoms with E-state index in [-0.39, 0.29) is 11.7 Å². The number of amides is 1. The van der Waals surface area contributed by atoms with Crippen molar-refractivity contribution in [1.82, 2.24) is 4.90 Å². The maximum absolute atomic E-state index is 11.8. The number of nitrogens with zero attached hydrogens (tertiary/aromatic N) is 1. The van der Waals surface area contributed by atoms with E-state index in [0.29, 0.717) is 17.9 Å². The van der Waals surface area contributed by atoms with Crippen LogP contribution in [0.2, 0.25) is 0 Å². The second-order valence-electron chi connectivity index (χ2n) is 6.49. The van der Waals surface area contributed by atoms with Crippen molar-refractivity contribution in [2.45, 2.75) is 43.7 Å². The number of hydrogen-bond donors (Lipinski definition) is 1. The zero-order valence-electron chi connectivity index (χ0n) is 10.7. The Morgan fingerprint density at radius 3 is 2.35 bits per heavy atom. The first-order chi connectivity index (χ1) is 7.99. The maximum Gasteiger partial charge on any atom is 0.409 e. The molecule has 4 nitrogen and oxygen atoms in total. The lowest BCUT2D eigenvalue weighted by Gasteiger charge is -2.58. The Balaban J connectivity index is 1.78. The number of rotatable bonds is 1. The number of nitrogens with two attached hydrogens (primary N) is 1. The molecule has 4 bridgehead atoms. The molecule has 0 aromatic carbocycles. The standard InChI is InChI=1S/C13H22N2O2/c1-15(2)12(16)17-13-5-8-3-9(6-13)11(14)10(4-8)7-13/h8-11H,3-7,14H2,1-2H3/t8?,9?,10?,11-,13-. The van der Waals surface area contributed by atoms with Crippen molar-refractivity contribution in [3.05, 3.63) is 0 Å². The third kappa shape index (κ3) is 1.73. The molecule has 4 rings (SSSR count). The third-order valence-corrected chi connectivity index (χ3v) is 4.96. The molecule has 4 aliphatic rings. The van der Waals surface area contributed by atoms with E-state index in [1.54, 1.807) is 14.1 Å². The topological polar surface area (TPSA) is 55.6 Å². The zero-order valence-corrected chi connectivity index (χ0v) is 10.7. The Morgan fingerprint density at radius 2 is 1.82 bits per heavy atom. The Kier molecular flexibility index (Phi) is 2.41. The second-order valence-corrected chi connectivity index (χ2v) is 6.49. The molecule has 4 fully saturated rings. The Labute approximate surface area is 102 Å². The van der Waals surface area contributed by atoms with Crippen molar-refractivity contribution in [2.75, 3.05) is 14.1 Å². The first-order valence-corrected chi connectivity index (χ1v) is 6.65. The highest BCUT2D eigenvalue weighted by atomic mass is 16.6. The lowest BCUT2D eigenvalue weighted by molar-refractivity contribution is -0.139. The summed E-state index contributed by atoms with van der Waals surface area (Å²) in [5.41, 5.74) is 6.08. The summed E-state index contributed by atoms with van der Waals surface area (Å²) in [4.78, 5) is 13.3. The van der Waals surface area contributed by atoms with Gasteiger partial charge >= 0.3 is 6.09 Å². The minimum Gasteiger partial charge on any atom is -0.443 e. The van der Waals surface area contributed by atoms with Crippen molar-refractivity contribution in [1.29, 1.82) is 0 Å². The van der Waals surface area contributed by atoms with Crippen LogP contribution < -0.4 is 5.73 Å². The van der Waals surface area contributed by atoms with E-state index in [9.17, 15) is 4.79 Å². The molecule has 0 aromatic rings. The van der Waals surface area contributed by atoms with Crippen LogP contribution in [0.3, 0.4) is 0 Å².